The normalized spacial score (nSPS) is 20.4. The van der Waals surface area contributed by atoms with E-state index in [1.54, 1.807) is 0 Å². The third-order valence-corrected chi connectivity index (χ3v) is 4.28. The van der Waals surface area contributed by atoms with Gasteiger partial charge in [-0.2, -0.15) is 33.7 Å². The molecule has 0 heterocycles. The Labute approximate surface area is 163 Å². The van der Waals surface area contributed by atoms with Crippen molar-refractivity contribution in [1.82, 2.24) is 0 Å². The van der Waals surface area contributed by atoms with E-state index in [9.17, 15) is 54.1 Å². The molecule has 19 nitrogen and oxygen atoms in total. The molecule has 29 heavy (non-hydrogen) atoms. The first-order chi connectivity index (χ1) is 12.5. The van der Waals surface area contributed by atoms with Gasteiger partial charge in [-0.15, -0.1) is 0 Å². The van der Waals surface area contributed by atoms with Crippen LogP contribution in [0.2, 0.25) is 0 Å². The van der Waals surface area contributed by atoms with E-state index in [4.69, 9.17) is 13.7 Å². The molecule has 0 aliphatic carbocycles. The van der Waals surface area contributed by atoms with Crippen molar-refractivity contribution in [3.8, 4) is 0 Å². The lowest BCUT2D eigenvalue weighted by molar-refractivity contribution is -0.342. The molecule has 176 valence electrons. The number of aliphatic hydroxyl groups is 4. The smallest absolute Gasteiger partial charge is 0.366 e. The molecule has 0 bridgehead atoms. The molecule has 7 N–H and O–H groups in total. The van der Waals surface area contributed by atoms with Crippen molar-refractivity contribution in [2.24, 2.45) is 5.92 Å². The van der Waals surface area contributed by atoms with E-state index in [2.05, 4.69) is 16.7 Å². The molecule has 0 aromatic rings. The van der Waals surface area contributed by atoms with E-state index in [0.29, 0.717) is 0 Å². The van der Waals surface area contributed by atoms with Crippen LogP contribution < -0.4 is 0 Å². The highest BCUT2D eigenvalue weighted by Gasteiger charge is 2.58. The highest BCUT2D eigenvalue weighted by Crippen LogP contribution is 2.34. The Bertz CT molecular complexity index is 935. The maximum absolute atomic E-state index is 11.1. The topological polar surface area (TPSA) is 315 Å². The maximum atomic E-state index is 11.1. The van der Waals surface area contributed by atoms with Crippen LogP contribution in [-0.4, -0.2) is 98.7 Å². The van der Waals surface area contributed by atoms with Gasteiger partial charge >= 0.3 is 31.2 Å². The quantitative estimate of drug-likeness (QED) is 0.0720. The van der Waals surface area contributed by atoms with Crippen molar-refractivity contribution in [2.45, 2.75) is 24.7 Å². The summed E-state index contributed by atoms with van der Waals surface area (Å²) in [6.07, 6.45) is -10.4. The molecule has 23 heteroatoms. The minimum Gasteiger partial charge on any atom is -0.366 e. The highest BCUT2D eigenvalue weighted by atomic mass is 32.3. The van der Waals surface area contributed by atoms with Crippen molar-refractivity contribution >= 4 is 41.3 Å². The number of aliphatic hydroxyl groups excluding tert-OH is 3. The average molecular weight is 518 g/mol. The molecule has 0 aromatic heterocycles. The highest BCUT2D eigenvalue weighted by molar-refractivity contribution is 7.86. The SMILES string of the molecule is CS(=O)(=O)OC(O)C(C(O)OS(=O)(=O)O)C(O)(OS(=O)(=O)O)C(O)OS(=O)(=O)O. The molecule has 0 radical (unpaired) electrons. The Balaban J connectivity index is 6.65. The molecule has 0 rings (SSSR count). The minimum absolute atomic E-state index is 0.205. The van der Waals surface area contributed by atoms with Crippen LogP contribution in [0, 0.1) is 5.92 Å². The van der Waals surface area contributed by atoms with Gasteiger partial charge in [0.2, 0.25) is 6.29 Å². The van der Waals surface area contributed by atoms with Crippen molar-refractivity contribution in [1.29, 1.82) is 0 Å². The van der Waals surface area contributed by atoms with E-state index in [-0.39, 0.29) is 6.26 Å². The van der Waals surface area contributed by atoms with Crippen LogP contribution in [0.25, 0.3) is 0 Å². The van der Waals surface area contributed by atoms with E-state index in [1.807, 2.05) is 0 Å². The first-order valence-corrected chi connectivity index (χ1v) is 12.0. The first-order valence-electron chi connectivity index (χ1n) is 6.11. The van der Waals surface area contributed by atoms with Crippen LogP contribution in [0.15, 0.2) is 0 Å². The fourth-order valence-corrected chi connectivity index (χ4v) is 3.33. The van der Waals surface area contributed by atoms with Gasteiger partial charge in [-0.3, -0.25) is 13.7 Å². The Morgan fingerprint density at radius 2 is 1.07 bits per heavy atom. The summed E-state index contributed by atoms with van der Waals surface area (Å²) in [5, 5.41) is 38.9. The van der Waals surface area contributed by atoms with Gasteiger partial charge in [0.05, 0.1) is 6.26 Å². The zero-order valence-electron chi connectivity index (χ0n) is 13.5. The van der Waals surface area contributed by atoms with Gasteiger partial charge in [-0.05, 0) is 0 Å². The van der Waals surface area contributed by atoms with Crippen LogP contribution in [-0.2, 0) is 58.0 Å². The summed E-state index contributed by atoms with van der Waals surface area (Å²) < 4.78 is 126. The summed E-state index contributed by atoms with van der Waals surface area (Å²) in [5.74, 6) is -8.05. The Morgan fingerprint density at radius 1 is 0.690 bits per heavy atom. The standard InChI is InChI=1S/C6H14O19S4/c1-26(11,12)22-3(7)2(4(8)23-27(13,14)15)6(10,25-29(19,20)21)5(9)24-28(16,17)18/h2-5,7-10H,1H3,(H,13,14,15)(H,16,17,18)(H,19,20,21). The number of hydrogen-bond donors (Lipinski definition) is 7. The zero-order valence-corrected chi connectivity index (χ0v) is 16.7. The maximum Gasteiger partial charge on any atom is 0.400 e. The fraction of sp³-hybridized carbons (Fsp3) is 1.00. The van der Waals surface area contributed by atoms with Gasteiger partial charge in [0.1, 0.15) is 5.92 Å². The summed E-state index contributed by atoms with van der Waals surface area (Å²) in [5.41, 5.74) is 0. The molecule has 0 spiro atoms. The second kappa shape index (κ2) is 9.24. The van der Waals surface area contributed by atoms with Crippen LogP contribution in [0.3, 0.4) is 0 Å². The average Bonchev–Trinajstić information content (AvgIpc) is 2.28. The molecular weight excluding hydrogens is 504 g/mol. The molecule has 0 fully saturated rings. The van der Waals surface area contributed by atoms with Crippen LogP contribution >= 0.6 is 0 Å². The molecule has 0 aromatic carbocycles. The van der Waals surface area contributed by atoms with Gasteiger partial charge in [0.15, 0.2) is 12.6 Å². The summed E-state index contributed by atoms with van der Waals surface area (Å²) in [4.78, 5) is 0. The van der Waals surface area contributed by atoms with E-state index < -0.39 is 71.9 Å². The van der Waals surface area contributed by atoms with Gasteiger partial charge < -0.3 is 20.4 Å². The molecule has 0 aliphatic rings. The van der Waals surface area contributed by atoms with Crippen LogP contribution in [0.1, 0.15) is 0 Å². The predicted octanol–water partition coefficient (Wildman–Crippen LogP) is -5.32. The molecule has 5 unspecified atom stereocenters. The van der Waals surface area contributed by atoms with Crippen molar-refractivity contribution in [2.75, 3.05) is 6.26 Å². The Morgan fingerprint density at radius 3 is 1.38 bits per heavy atom. The van der Waals surface area contributed by atoms with Crippen molar-refractivity contribution < 1.29 is 84.5 Å². The van der Waals surface area contributed by atoms with Crippen molar-refractivity contribution in [3.63, 3.8) is 0 Å². The van der Waals surface area contributed by atoms with E-state index in [0.717, 1.165) is 0 Å². The third kappa shape index (κ3) is 10.8. The van der Waals surface area contributed by atoms with E-state index >= 15 is 0 Å². The lowest BCUT2D eigenvalue weighted by Gasteiger charge is -2.39. The van der Waals surface area contributed by atoms with E-state index in [1.165, 1.54) is 0 Å². The van der Waals surface area contributed by atoms with Gasteiger partial charge in [0, 0.05) is 0 Å². The molecule has 0 aliphatic heterocycles. The number of hydrogen-bond acceptors (Lipinski definition) is 16. The molecule has 5 atom stereocenters. The van der Waals surface area contributed by atoms with Crippen molar-refractivity contribution in [3.05, 3.63) is 0 Å². The molecule has 0 saturated carbocycles. The summed E-state index contributed by atoms with van der Waals surface area (Å²) in [6, 6.07) is 0. The minimum atomic E-state index is -6.04. The molecule has 0 saturated heterocycles. The lowest BCUT2D eigenvalue weighted by Crippen LogP contribution is -2.61. The largest absolute Gasteiger partial charge is 0.400 e. The lowest BCUT2D eigenvalue weighted by atomic mass is 9.96. The summed E-state index contributed by atoms with van der Waals surface area (Å²) in [6.45, 7) is 0. The fourth-order valence-electron chi connectivity index (χ4n) is 1.59. The Kier molecular flexibility index (Phi) is 9.04. The number of rotatable bonds is 12. The molecular formula is C6H14O19S4. The third-order valence-electron chi connectivity index (χ3n) is 2.39. The van der Waals surface area contributed by atoms with Crippen LogP contribution in [0.5, 0.6) is 0 Å². The van der Waals surface area contributed by atoms with Gasteiger partial charge in [0.25, 0.3) is 15.9 Å². The van der Waals surface area contributed by atoms with Crippen LogP contribution in [0.4, 0.5) is 0 Å². The first kappa shape index (κ1) is 28.4. The predicted molar refractivity (Wildman–Crippen MR) is 80.3 cm³/mol. The Hall–Kier alpha value is -0.640. The zero-order chi connectivity index (χ0) is 23.6. The molecule has 0 amide bonds. The van der Waals surface area contributed by atoms with Gasteiger partial charge in [-0.25, -0.2) is 16.7 Å². The second-order valence-corrected chi connectivity index (χ2v) is 9.49. The second-order valence-electron chi connectivity index (χ2n) is 4.77. The van der Waals surface area contributed by atoms with Gasteiger partial charge in [-0.1, -0.05) is 0 Å². The monoisotopic (exact) mass is 518 g/mol. The summed E-state index contributed by atoms with van der Waals surface area (Å²) >= 11 is 0. The summed E-state index contributed by atoms with van der Waals surface area (Å²) in [7, 11) is -22.4.